The minimum Gasteiger partial charge on any atom is -0.463 e. The van der Waals surface area contributed by atoms with Gasteiger partial charge in [-0.2, -0.15) is 0 Å². The molecule has 4 unspecified atom stereocenters. The van der Waals surface area contributed by atoms with Crippen LogP contribution in [0.25, 0.3) is 0 Å². The molecule has 0 N–H and O–H groups in total. The molecule has 0 amide bonds. The van der Waals surface area contributed by atoms with Gasteiger partial charge < -0.3 is 18.9 Å². The predicted octanol–water partition coefficient (Wildman–Crippen LogP) is 8.33. The van der Waals surface area contributed by atoms with Crippen molar-refractivity contribution in [2.45, 2.75) is 150 Å². The maximum Gasteiger partial charge on any atom is 0.302 e. The monoisotopic (exact) mass is 598 g/mol. The van der Waals surface area contributed by atoms with E-state index in [0.717, 1.165) is 42.4 Å². The number of allylic oxidation sites excluding steroid dienone is 3. The maximum atomic E-state index is 11.6. The number of hydrogen-bond donors (Lipinski definition) is 0. The van der Waals surface area contributed by atoms with E-state index in [1.807, 2.05) is 0 Å². The third-order valence-electron chi connectivity index (χ3n) is 12.4. The van der Waals surface area contributed by atoms with Gasteiger partial charge in [0.15, 0.2) is 6.29 Å². The van der Waals surface area contributed by atoms with Gasteiger partial charge in [-0.1, -0.05) is 51.0 Å². The highest BCUT2D eigenvalue weighted by Gasteiger charge is 2.58. The lowest BCUT2D eigenvalue weighted by atomic mass is 9.47. The van der Waals surface area contributed by atoms with Crippen LogP contribution in [0.1, 0.15) is 126 Å². The molecule has 0 aromatic carbocycles. The van der Waals surface area contributed by atoms with E-state index in [4.69, 9.17) is 18.9 Å². The molecule has 0 aromatic heterocycles. The first-order valence-electron chi connectivity index (χ1n) is 17.4. The van der Waals surface area contributed by atoms with Crippen molar-refractivity contribution in [2.75, 3.05) is 6.61 Å². The van der Waals surface area contributed by atoms with Gasteiger partial charge in [-0.15, -0.1) is 0 Å². The van der Waals surface area contributed by atoms with Gasteiger partial charge in [0.1, 0.15) is 18.8 Å². The lowest BCUT2D eigenvalue weighted by Gasteiger charge is -2.58. The molecular formula is C37H58O6. The average molecular weight is 599 g/mol. The van der Waals surface area contributed by atoms with E-state index < -0.39 is 12.2 Å². The van der Waals surface area contributed by atoms with Gasteiger partial charge in [0.05, 0.1) is 6.10 Å². The zero-order chi connectivity index (χ0) is 30.9. The second-order valence-corrected chi connectivity index (χ2v) is 15.5. The summed E-state index contributed by atoms with van der Waals surface area (Å²) in [6.45, 7) is 15.1. The molecule has 242 valence electrons. The van der Waals surface area contributed by atoms with Crippen LogP contribution in [-0.4, -0.2) is 43.1 Å². The minimum atomic E-state index is -0.504. The van der Waals surface area contributed by atoms with Gasteiger partial charge in [0.25, 0.3) is 0 Å². The van der Waals surface area contributed by atoms with Crippen molar-refractivity contribution in [3.8, 4) is 0 Å². The largest absolute Gasteiger partial charge is 0.463 e. The van der Waals surface area contributed by atoms with Crippen LogP contribution in [0.2, 0.25) is 0 Å². The summed E-state index contributed by atoms with van der Waals surface area (Å²) in [5, 5.41) is 0. The van der Waals surface area contributed by atoms with Gasteiger partial charge >= 0.3 is 11.9 Å². The number of fused-ring (bicyclic) bond motifs is 5. The summed E-state index contributed by atoms with van der Waals surface area (Å²) in [6.07, 6.45) is 17.7. The Morgan fingerprint density at radius 3 is 2.51 bits per heavy atom. The van der Waals surface area contributed by atoms with E-state index in [-0.39, 0.29) is 36.4 Å². The second-order valence-electron chi connectivity index (χ2n) is 15.5. The van der Waals surface area contributed by atoms with Crippen molar-refractivity contribution >= 4 is 11.9 Å². The Kier molecular flexibility index (Phi) is 10.2. The van der Waals surface area contributed by atoms with Crippen LogP contribution in [0, 0.1) is 40.4 Å². The molecule has 6 heteroatoms. The molecule has 4 fully saturated rings. The number of ether oxygens (including phenoxy) is 4. The molecule has 1 heterocycles. The van der Waals surface area contributed by atoms with Gasteiger partial charge in [-0.3, -0.25) is 9.59 Å². The summed E-state index contributed by atoms with van der Waals surface area (Å²) in [5.74, 6) is 3.23. The van der Waals surface area contributed by atoms with Crippen molar-refractivity contribution < 1.29 is 28.5 Å². The molecule has 3 saturated carbocycles. The fourth-order valence-corrected chi connectivity index (χ4v) is 10.1. The van der Waals surface area contributed by atoms with Crippen molar-refractivity contribution in [1.29, 1.82) is 0 Å². The van der Waals surface area contributed by atoms with E-state index in [2.05, 4.69) is 46.8 Å². The Morgan fingerprint density at radius 2 is 1.79 bits per heavy atom. The fourth-order valence-electron chi connectivity index (χ4n) is 10.1. The van der Waals surface area contributed by atoms with Crippen molar-refractivity contribution in [2.24, 2.45) is 40.4 Å². The van der Waals surface area contributed by atoms with Crippen molar-refractivity contribution in [3.05, 3.63) is 23.3 Å². The Labute approximate surface area is 260 Å². The number of hydrogen-bond acceptors (Lipinski definition) is 6. The number of esters is 2. The molecule has 1 aliphatic heterocycles. The standard InChI is InChI=1S/C37H58O6/c1-23(2)9-8-10-24(3)30-13-14-31-29-12-11-27-21-28(17-19-36(27,6)32(29)18-20-37(30,31)7)42-35-16-15-33(41-26(5)39)34(43-35)22-40-25(4)38/h10-11,23,28-35H,8-9,12-22H2,1-7H3/b24-10+/t28-,29?,30+,31?,32?,33-,34+,35?,36-,37+/m0/s1. The average Bonchev–Trinajstić information content (AvgIpc) is 3.30. The third-order valence-corrected chi connectivity index (χ3v) is 12.4. The summed E-state index contributed by atoms with van der Waals surface area (Å²) in [4.78, 5) is 23.1. The zero-order valence-corrected chi connectivity index (χ0v) is 28.0. The SMILES string of the molecule is CC(=O)OC[C@H]1OC(O[C@H]2CC[C@@]3(C)C(=CCC4C3CC[C@@]3(C)C4CC[C@@H]3/C(C)=C/CCC(C)C)C2)CC[C@@H]1OC(C)=O. The van der Waals surface area contributed by atoms with Crippen molar-refractivity contribution in [3.63, 3.8) is 0 Å². The van der Waals surface area contributed by atoms with Gasteiger partial charge in [0, 0.05) is 20.3 Å². The summed E-state index contributed by atoms with van der Waals surface area (Å²) < 4.78 is 23.5. The van der Waals surface area contributed by atoms with Crippen LogP contribution in [0.3, 0.4) is 0 Å². The van der Waals surface area contributed by atoms with E-state index in [1.165, 1.54) is 65.2 Å². The molecule has 0 aromatic rings. The molecule has 0 spiro atoms. The molecule has 5 rings (SSSR count). The lowest BCUT2D eigenvalue weighted by Crippen LogP contribution is -2.51. The number of carbonyl (C=O) groups is 2. The van der Waals surface area contributed by atoms with Crippen LogP contribution >= 0.6 is 0 Å². The Bertz CT molecular complexity index is 1080. The number of rotatable bonds is 9. The lowest BCUT2D eigenvalue weighted by molar-refractivity contribution is -0.253. The summed E-state index contributed by atoms with van der Waals surface area (Å²) >= 11 is 0. The zero-order valence-electron chi connectivity index (χ0n) is 28.0. The van der Waals surface area contributed by atoms with Crippen LogP contribution in [0.15, 0.2) is 23.3 Å². The second kappa shape index (κ2) is 13.4. The fraction of sp³-hybridized carbons (Fsp3) is 0.838. The minimum absolute atomic E-state index is 0.0678. The molecule has 1 saturated heterocycles. The molecule has 0 bridgehead atoms. The molecular weight excluding hydrogens is 540 g/mol. The topological polar surface area (TPSA) is 71.1 Å². The third kappa shape index (κ3) is 6.95. The van der Waals surface area contributed by atoms with Gasteiger partial charge in [-0.25, -0.2) is 0 Å². The summed E-state index contributed by atoms with van der Waals surface area (Å²) in [7, 11) is 0. The molecule has 4 aliphatic carbocycles. The van der Waals surface area contributed by atoms with E-state index in [9.17, 15) is 9.59 Å². The summed E-state index contributed by atoms with van der Waals surface area (Å²) in [5.41, 5.74) is 4.00. The van der Waals surface area contributed by atoms with Gasteiger partial charge in [-0.05, 0) is 118 Å². The van der Waals surface area contributed by atoms with Gasteiger partial charge in [0.2, 0.25) is 0 Å². The van der Waals surface area contributed by atoms with E-state index in [0.29, 0.717) is 18.3 Å². The molecule has 10 atom stereocenters. The van der Waals surface area contributed by atoms with Crippen LogP contribution in [0.5, 0.6) is 0 Å². The van der Waals surface area contributed by atoms with E-state index in [1.54, 1.807) is 11.1 Å². The number of carbonyl (C=O) groups excluding carboxylic acids is 2. The van der Waals surface area contributed by atoms with E-state index >= 15 is 0 Å². The molecule has 6 nitrogen and oxygen atoms in total. The Morgan fingerprint density at radius 1 is 1.00 bits per heavy atom. The predicted molar refractivity (Wildman–Crippen MR) is 168 cm³/mol. The summed E-state index contributed by atoms with van der Waals surface area (Å²) in [6, 6.07) is 0. The molecule has 43 heavy (non-hydrogen) atoms. The first-order chi connectivity index (χ1) is 20.4. The Hall–Kier alpha value is -1.66. The smallest absolute Gasteiger partial charge is 0.302 e. The highest BCUT2D eigenvalue weighted by molar-refractivity contribution is 5.66. The molecule has 5 aliphatic rings. The van der Waals surface area contributed by atoms with Crippen molar-refractivity contribution in [1.82, 2.24) is 0 Å². The van der Waals surface area contributed by atoms with Crippen LogP contribution in [-0.2, 0) is 28.5 Å². The highest BCUT2D eigenvalue weighted by atomic mass is 16.7. The quantitative estimate of drug-likeness (QED) is 0.196. The van der Waals surface area contributed by atoms with Crippen LogP contribution < -0.4 is 0 Å². The van der Waals surface area contributed by atoms with Crippen LogP contribution in [0.4, 0.5) is 0 Å². The first kappa shape index (κ1) is 32.7. The molecule has 0 radical (unpaired) electrons. The Balaban J connectivity index is 1.21. The maximum absolute atomic E-state index is 11.6. The normalized spacial score (nSPS) is 41.1. The first-order valence-corrected chi connectivity index (χ1v) is 17.4. The highest BCUT2D eigenvalue weighted by Crippen LogP contribution is 2.67.